The molecule has 0 amide bonds. The van der Waals surface area contributed by atoms with E-state index in [0.717, 1.165) is 16.7 Å². The zero-order valence-electron chi connectivity index (χ0n) is 9.01. The predicted octanol–water partition coefficient (Wildman–Crippen LogP) is 2.28. The summed E-state index contributed by atoms with van der Waals surface area (Å²) < 4.78 is 5.58. The molecule has 0 bridgehead atoms. The SMILES string of the molecule is Cc1ccc(OCCSc2ncn[nH]2)cc1. The van der Waals surface area contributed by atoms with Crippen LogP contribution in [0.3, 0.4) is 0 Å². The Morgan fingerprint density at radius 2 is 2.12 bits per heavy atom. The highest BCUT2D eigenvalue weighted by Gasteiger charge is 1.97. The molecule has 1 N–H and O–H groups in total. The number of thioether (sulfide) groups is 1. The number of nitrogens with zero attached hydrogens (tertiary/aromatic N) is 2. The Labute approximate surface area is 98.4 Å². The van der Waals surface area contributed by atoms with Crippen molar-refractivity contribution in [2.24, 2.45) is 0 Å². The molecule has 16 heavy (non-hydrogen) atoms. The van der Waals surface area contributed by atoms with Crippen LogP contribution in [-0.2, 0) is 0 Å². The van der Waals surface area contributed by atoms with Gasteiger partial charge in [-0.15, -0.1) is 0 Å². The monoisotopic (exact) mass is 235 g/mol. The number of H-pyrrole nitrogens is 1. The van der Waals surface area contributed by atoms with Crippen molar-refractivity contribution in [2.45, 2.75) is 12.1 Å². The number of ether oxygens (including phenoxy) is 1. The Balaban J connectivity index is 1.70. The molecule has 0 spiro atoms. The van der Waals surface area contributed by atoms with Crippen molar-refractivity contribution in [1.82, 2.24) is 15.2 Å². The minimum atomic E-state index is 0.661. The van der Waals surface area contributed by atoms with E-state index in [1.165, 1.54) is 11.9 Å². The lowest BCUT2D eigenvalue weighted by molar-refractivity contribution is 0.344. The second-order valence-corrected chi connectivity index (χ2v) is 4.38. The second kappa shape index (κ2) is 5.55. The molecule has 1 heterocycles. The van der Waals surface area contributed by atoms with Crippen molar-refractivity contribution >= 4 is 11.8 Å². The van der Waals surface area contributed by atoms with Crippen LogP contribution in [0.25, 0.3) is 0 Å². The quantitative estimate of drug-likeness (QED) is 0.638. The molecule has 0 radical (unpaired) electrons. The summed E-state index contributed by atoms with van der Waals surface area (Å²) in [4.78, 5) is 4.01. The summed E-state index contributed by atoms with van der Waals surface area (Å²) in [6, 6.07) is 8.04. The summed E-state index contributed by atoms with van der Waals surface area (Å²) in [6.07, 6.45) is 1.50. The first kappa shape index (κ1) is 11.0. The summed E-state index contributed by atoms with van der Waals surface area (Å²) in [7, 11) is 0. The molecule has 4 nitrogen and oxygen atoms in total. The fourth-order valence-corrected chi connectivity index (χ4v) is 1.80. The molecule has 0 aliphatic heterocycles. The number of benzene rings is 1. The largest absolute Gasteiger partial charge is 0.493 e. The van der Waals surface area contributed by atoms with Gasteiger partial charge in [-0.1, -0.05) is 29.5 Å². The standard InChI is InChI=1S/C11H13N3OS/c1-9-2-4-10(5-3-9)15-6-7-16-11-12-8-13-14-11/h2-5,8H,6-7H2,1H3,(H,12,13,14). The van der Waals surface area contributed by atoms with Gasteiger partial charge in [0.15, 0.2) is 5.16 Å². The molecule has 2 aromatic rings. The van der Waals surface area contributed by atoms with Crippen molar-refractivity contribution in [3.05, 3.63) is 36.2 Å². The summed E-state index contributed by atoms with van der Waals surface area (Å²) >= 11 is 1.60. The molecular formula is C11H13N3OS. The van der Waals surface area contributed by atoms with Gasteiger partial charge in [0.05, 0.1) is 6.61 Å². The molecule has 5 heteroatoms. The minimum Gasteiger partial charge on any atom is -0.493 e. The van der Waals surface area contributed by atoms with Gasteiger partial charge < -0.3 is 4.74 Å². The summed E-state index contributed by atoms with van der Waals surface area (Å²) in [6.45, 7) is 2.72. The van der Waals surface area contributed by atoms with Crippen molar-refractivity contribution < 1.29 is 4.74 Å². The molecule has 0 unspecified atom stereocenters. The smallest absolute Gasteiger partial charge is 0.183 e. The second-order valence-electron chi connectivity index (χ2n) is 3.30. The van der Waals surface area contributed by atoms with Crippen LogP contribution in [0.1, 0.15) is 5.56 Å². The van der Waals surface area contributed by atoms with Gasteiger partial charge in [0, 0.05) is 5.75 Å². The third-order valence-corrected chi connectivity index (χ3v) is 2.85. The number of aryl methyl sites for hydroxylation is 1. The summed E-state index contributed by atoms with van der Waals surface area (Å²) in [5.41, 5.74) is 1.24. The Hall–Kier alpha value is -1.49. The van der Waals surface area contributed by atoms with Crippen LogP contribution in [0.15, 0.2) is 35.7 Å². The Morgan fingerprint density at radius 3 is 2.81 bits per heavy atom. The van der Waals surface area contributed by atoms with Crippen LogP contribution in [0, 0.1) is 6.92 Å². The molecule has 0 saturated carbocycles. The van der Waals surface area contributed by atoms with E-state index >= 15 is 0 Å². The Morgan fingerprint density at radius 1 is 1.31 bits per heavy atom. The van der Waals surface area contributed by atoms with E-state index in [1.807, 2.05) is 24.3 Å². The molecule has 1 aromatic heterocycles. The highest BCUT2D eigenvalue weighted by molar-refractivity contribution is 7.99. The first-order valence-corrected chi connectivity index (χ1v) is 6.01. The number of aromatic amines is 1. The van der Waals surface area contributed by atoms with Crippen molar-refractivity contribution in [3.8, 4) is 5.75 Å². The van der Waals surface area contributed by atoms with E-state index in [1.54, 1.807) is 11.8 Å². The van der Waals surface area contributed by atoms with E-state index in [-0.39, 0.29) is 0 Å². The lowest BCUT2D eigenvalue weighted by Gasteiger charge is -2.04. The maximum absolute atomic E-state index is 5.58. The van der Waals surface area contributed by atoms with Crippen molar-refractivity contribution in [2.75, 3.05) is 12.4 Å². The number of hydrogen-bond donors (Lipinski definition) is 1. The first-order valence-electron chi connectivity index (χ1n) is 5.02. The molecule has 2 rings (SSSR count). The van der Waals surface area contributed by atoms with Crippen LogP contribution in [0.4, 0.5) is 0 Å². The molecule has 0 aliphatic rings. The van der Waals surface area contributed by atoms with Gasteiger partial charge in [-0.05, 0) is 19.1 Å². The van der Waals surface area contributed by atoms with Gasteiger partial charge in [0.25, 0.3) is 0 Å². The highest BCUT2D eigenvalue weighted by Crippen LogP contribution is 2.14. The van der Waals surface area contributed by atoms with E-state index in [9.17, 15) is 0 Å². The fourth-order valence-electron chi connectivity index (χ4n) is 1.20. The third kappa shape index (κ3) is 3.27. The number of aromatic nitrogens is 3. The van der Waals surface area contributed by atoms with Gasteiger partial charge in [0.2, 0.25) is 0 Å². The first-order chi connectivity index (χ1) is 7.84. The van der Waals surface area contributed by atoms with Crippen LogP contribution >= 0.6 is 11.8 Å². The third-order valence-electron chi connectivity index (χ3n) is 2.00. The van der Waals surface area contributed by atoms with Gasteiger partial charge >= 0.3 is 0 Å². The molecule has 0 saturated heterocycles. The van der Waals surface area contributed by atoms with Gasteiger partial charge in [-0.2, -0.15) is 5.10 Å². The predicted molar refractivity (Wildman–Crippen MR) is 63.8 cm³/mol. The van der Waals surface area contributed by atoms with Gasteiger partial charge in [-0.25, -0.2) is 4.98 Å². The molecule has 84 valence electrons. The van der Waals surface area contributed by atoms with E-state index in [2.05, 4.69) is 22.1 Å². The van der Waals surface area contributed by atoms with E-state index < -0.39 is 0 Å². The topological polar surface area (TPSA) is 50.8 Å². The van der Waals surface area contributed by atoms with Gasteiger partial charge in [-0.3, -0.25) is 5.10 Å². The van der Waals surface area contributed by atoms with Gasteiger partial charge in [0.1, 0.15) is 12.1 Å². The molecule has 0 aliphatic carbocycles. The highest BCUT2D eigenvalue weighted by atomic mass is 32.2. The normalized spacial score (nSPS) is 10.3. The maximum Gasteiger partial charge on any atom is 0.183 e. The van der Waals surface area contributed by atoms with Crippen molar-refractivity contribution in [3.63, 3.8) is 0 Å². The zero-order chi connectivity index (χ0) is 11.2. The molecule has 0 fully saturated rings. The van der Waals surface area contributed by atoms with E-state index in [4.69, 9.17) is 4.74 Å². The van der Waals surface area contributed by atoms with Crippen LogP contribution in [-0.4, -0.2) is 27.5 Å². The molecule has 1 aromatic carbocycles. The Kier molecular flexibility index (Phi) is 3.82. The minimum absolute atomic E-state index is 0.661. The maximum atomic E-state index is 5.58. The average Bonchev–Trinajstić information content (AvgIpc) is 2.80. The Bertz CT molecular complexity index is 413. The lowest BCUT2D eigenvalue weighted by atomic mass is 10.2. The number of hydrogen-bond acceptors (Lipinski definition) is 4. The summed E-state index contributed by atoms with van der Waals surface area (Å²) in [5, 5.41) is 7.39. The number of rotatable bonds is 5. The molecule has 0 atom stereocenters. The average molecular weight is 235 g/mol. The lowest BCUT2D eigenvalue weighted by Crippen LogP contribution is -2.00. The number of nitrogens with one attached hydrogen (secondary N) is 1. The molecular weight excluding hydrogens is 222 g/mol. The van der Waals surface area contributed by atoms with Crippen LogP contribution in [0.2, 0.25) is 0 Å². The fraction of sp³-hybridized carbons (Fsp3) is 0.273. The van der Waals surface area contributed by atoms with E-state index in [0.29, 0.717) is 6.61 Å². The van der Waals surface area contributed by atoms with Crippen LogP contribution < -0.4 is 4.74 Å². The van der Waals surface area contributed by atoms with Crippen molar-refractivity contribution in [1.29, 1.82) is 0 Å². The zero-order valence-corrected chi connectivity index (χ0v) is 9.83. The summed E-state index contributed by atoms with van der Waals surface area (Å²) in [5.74, 6) is 1.76. The van der Waals surface area contributed by atoms with Crippen LogP contribution in [0.5, 0.6) is 5.75 Å².